The normalized spacial score (nSPS) is 12.2. The largest absolute Gasteiger partial charge is 0.478 e. The van der Waals surface area contributed by atoms with E-state index in [1.807, 2.05) is 23.8 Å². The van der Waals surface area contributed by atoms with Crippen molar-refractivity contribution in [3.63, 3.8) is 0 Å². The lowest BCUT2D eigenvalue weighted by Gasteiger charge is -2.12. The van der Waals surface area contributed by atoms with Gasteiger partial charge in [0.1, 0.15) is 0 Å². The lowest BCUT2D eigenvalue weighted by atomic mass is 10.1. The molecule has 21 heavy (non-hydrogen) atoms. The number of carbonyl (C=O) groups is 2. The minimum atomic E-state index is -1.05. The molecule has 0 aliphatic rings. The van der Waals surface area contributed by atoms with Crippen LogP contribution in [-0.2, 0) is 4.79 Å². The van der Waals surface area contributed by atoms with Gasteiger partial charge in [-0.25, -0.2) is 4.79 Å². The molecule has 0 bridgehead atoms. The highest BCUT2D eigenvalue weighted by atomic mass is 32.1. The van der Waals surface area contributed by atoms with Crippen LogP contribution in [0.2, 0.25) is 0 Å². The maximum absolute atomic E-state index is 12.2. The van der Waals surface area contributed by atoms with Crippen molar-refractivity contribution in [1.29, 1.82) is 0 Å². The van der Waals surface area contributed by atoms with Gasteiger partial charge >= 0.3 is 5.97 Å². The van der Waals surface area contributed by atoms with E-state index >= 15 is 0 Å². The number of nitrogens with one attached hydrogen (secondary N) is 1. The molecule has 0 fully saturated rings. The third-order valence-electron chi connectivity index (χ3n) is 2.83. The molecule has 1 atom stereocenters. The fourth-order valence-corrected chi connectivity index (χ4v) is 2.48. The van der Waals surface area contributed by atoms with E-state index in [1.54, 1.807) is 17.4 Å². The number of amides is 1. The maximum Gasteiger partial charge on any atom is 0.328 e. The highest BCUT2D eigenvalue weighted by Gasteiger charge is 2.12. The average Bonchev–Trinajstić information content (AvgIpc) is 2.99. The van der Waals surface area contributed by atoms with Gasteiger partial charge in [0.05, 0.1) is 11.6 Å². The van der Waals surface area contributed by atoms with Gasteiger partial charge in [0, 0.05) is 18.5 Å². The number of pyridine rings is 1. The summed E-state index contributed by atoms with van der Waals surface area (Å²) in [6.07, 6.45) is 5.35. The standard InChI is InChI=1S/C15H14N2O3S/c1-10(12-4-5-21-9-12)17-15(20)13-6-11(7-16-8-13)2-3-14(18)19/h2-10H,1H3,(H,17,20)(H,18,19). The summed E-state index contributed by atoms with van der Waals surface area (Å²) < 4.78 is 0. The first-order valence-corrected chi connectivity index (χ1v) is 7.19. The predicted molar refractivity (Wildman–Crippen MR) is 81.1 cm³/mol. The molecular weight excluding hydrogens is 288 g/mol. The number of carboxylic acid groups (broad SMARTS) is 1. The number of thiophene rings is 1. The van der Waals surface area contributed by atoms with Crippen molar-refractivity contribution in [2.24, 2.45) is 0 Å². The monoisotopic (exact) mass is 302 g/mol. The zero-order chi connectivity index (χ0) is 15.2. The van der Waals surface area contributed by atoms with E-state index in [0.29, 0.717) is 11.1 Å². The van der Waals surface area contributed by atoms with Crippen LogP contribution in [0.5, 0.6) is 0 Å². The molecule has 2 aromatic heterocycles. The fraction of sp³-hybridized carbons (Fsp3) is 0.133. The van der Waals surface area contributed by atoms with Gasteiger partial charge in [0.25, 0.3) is 5.91 Å². The van der Waals surface area contributed by atoms with Gasteiger partial charge in [-0.05, 0) is 47.0 Å². The smallest absolute Gasteiger partial charge is 0.328 e. The number of hydrogen-bond acceptors (Lipinski definition) is 4. The number of carbonyl (C=O) groups excluding carboxylic acids is 1. The zero-order valence-corrected chi connectivity index (χ0v) is 12.1. The molecule has 6 heteroatoms. The third-order valence-corrected chi connectivity index (χ3v) is 3.53. The van der Waals surface area contributed by atoms with Crippen molar-refractivity contribution in [1.82, 2.24) is 10.3 Å². The number of hydrogen-bond donors (Lipinski definition) is 2. The van der Waals surface area contributed by atoms with Crippen LogP contribution in [0.15, 0.2) is 41.4 Å². The molecule has 0 saturated carbocycles. The summed E-state index contributed by atoms with van der Waals surface area (Å²) in [6, 6.07) is 3.46. The molecule has 2 N–H and O–H groups in total. The van der Waals surface area contributed by atoms with Crippen molar-refractivity contribution < 1.29 is 14.7 Å². The SMILES string of the molecule is CC(NC(=O)c1cncc(C=CC(=O)O)c1)c1ccsc1. The van der Waals surface area contributed by atoms with Crippen molar-refractivity contribution in [3.05, 3.63) is 58.1 Å². The quantitative estimate of drug-likeness (QED) is 0.832. The van der Waals surface area contributed by atoms with Gasteiger partial charge < -0.3 is 10.4 Å². The first-order valence-electron chi connectivity index (χ1n) is 6.25. The van der Waals surface area contributed by atoms with Gasteiger partial charge in [0.2, 0.25) is 0 Å². The fourth-order valence-electron chi connectivity index (χ4n) is 1.73. The summed E-state index contributed by atoms with van der Waals surface area (Å²) in [6.45, 7) is 1.90. The topological polar surface area (TPSA) is 79.3 Å². The number of carboxylic acids is 1. The number of rotatable bonds is 5. The van der Waals surface area contributed by atoms with E-state index in [9.17, 15) is 9.59 Å². The van der Waals surface area contributed by atoms with Crippen LogP contribution >= 0.6 is 11.3 Å². The van der Waals surface area contributed by atoms with Gasteiger partial charge in [-0.15, -0.1) is 0 Å². The highest BCUT2D eigenvalue weighted by molar-refractivity contribution is 7.07. The molecular formula is C15H14N2O3S. The Balaban J connectivity index is 2.09. The molecule has 5 nitrogen and oxygen atoms in total. The predicted octanol–water partition coefficient (Wildman–Crippen LogP) is 2.73. The first kappa shape index (κ1) is 14.9. The van der Waals surface area contributed by atoms with E-state index in [-0.39, 0.29) is 11.9 Å². The Morgan fingerprint density at radius 2 is 2.24 bits per heavy atom. The summed E-state index contributed by atoms with van der Waals surface area (Å²) >= 11 is 1.57. The van der Waals surface area contributed by atoms with Crippen molar-refractivity contribution in [3.8, 4) is 0 Å². The Hall–Kier alpha value is -2.47. The van der Waals surface area contributed by atoms with Gasteiger partial charge in [-0.3, -0.25) is 9.78 Å². The molecule has 2 rings (SSSR count). The summed E-state index contributed by atoms with van der Waals surface area (Å²) in [7, 11) is 0. The molecule has 108 valence electrons. The van der Waals surface area contributed by atoms with Gasteiger partial charge in [0.15, 0.2) is 0 Å². The second kappa shape index (κ2) is 6.81. The van der Waals surface area contributed by atoms with Crippen molar-refractivity contribution >= 4 is 29.3 Å². The van der Waals surface area contributed by atoms with E-state index in [0.717, 1.165) is 11.6 Å². The van der Waals surface area contributed by atoms with Crippen LogP contribution in [0.4, 0.5) is 0 Å². The zero-order valence-electron chi connectivity index (χ0n) is 11.3. The Labute approximate surface area is 126 Å². The van der Waals surface area contributed by atoms with Crippen LogP contribution < -0.4 is 5.32 Å². The van der Waals surface area contributed by atoms with Crippen LogP contribution in [0.1, 0.15) is 34.5 Å². The molecule has 0 aliphatic carbocycles. The Kier molecular flexibility index (Phi) is 4.84. The van der Waals surface area contributed by atoms with Crippen molar-refractivity contribution in [2.45, 2.75) is 13.0 Å². The number of aromatic nitrogens is 1. The molecule has 0 radical (unpaired) electrons. The highest BCUT2D eigenvalue weighted by Crippen LogP contribution is 2.16. The summed E-state index contributed by atoms with van der Waals surface area (Å²) in [4.78, 5) is 26.6. The summed E-state index contributed by atoms with van der Waals surface area (Å²) in [5, 5.41) is 15.4. The molecule has 2 heterocycles. The Bertz CT molecular complexity index is 665. The lowest BCUT2D eigenvalue weighted by Crippen LogP contribution is -2.26. The summed E-state index contributed by atoms with van der Waals surface area (Å²) in [5.74, 6) is -1.29. The Morgan fingerprint density at radius 1 is 1.43 bits per heavy atom. The van der Waals surface area contributed by atoms with Crippen LogP contribution in [-0.4, -0.2) is 22.0 Å². The minimum Gasteiger partial charge on any atom is -0.478 e. The van der Waals surface area contributed by atoms with Crippen molar-refractivity contribution in [2.75, 3.05) is 0 Å². The second-order valence-electron chi connectivity index (χ2n) is 4.43. The van der Waals surface area contributed by atoms with Crippen LogP contribution in [0.25, 0.3) is 6.08 Å². The maximum atomic E-state index is 12.2. The first-order chi connectivity index (χ1) is 10.1. The lowest BCUT2D eigenvalue weighted by molar-refractivity contribution is -0.131. The number of nitrogens with zero attached hydrogens (tertiary/aromatic N) is 1. The van der Waals surface area contributed by atoms with Crippen LogP contribution in [0.3, 0.4) is 0 Å². The molecule has 1 unspecified atom stereocenters. The van der Waals surface area contributed by atoms with Gasteiger partial charge in [-0.1, -0.05) is 0 Å². The molecule has 0 aliphatic heterocycles. The minimum absolute atomic E-state index is 0.0954. The average molecular weight is 302 g/mol. The van der Waals surface area contributed by atoms with E-state index < -0.39 is 5.97 Å². The molecule has 0 aromatic carbocycles. The number of aliphatic carboxylic acids is 1. The van der Waals surface area contributed by atoms with E-state index in [1.165, 1.54) is 18.5 Å². The van der Waals surface area contributed by atoms with Gasteiger partial charge in [-0.2, -0.15) is 11.3 Å². The molecule has 0 saturated heterocycles. The Morgan fingerprint density at radius 3 is 2.90 bits per heavy atom. The molecule has 2 aromatic rings. The summed E-state index contributed by atoms with van der Waals surface area (Å²) in [5.41, 5.74) is 2.00. The second-order valence-corrected chi connectivity index (χ2v) is 5.21. The third kappa shape index (κ3) is 4.25. The van der Waals surface area contributed by atoms with E-state index in [2.05, 4.69) is 10.3 Å². The molecule has 0 spiro atoms. The van der Waals surface area contributed by atoms with Crippen LogP contribution in [0, 0.1) is 0 Å². The van der Waals surface area contributed by atoms with E-state index in [4.69, 9.17) is 5.11 Å². The molecule has 1 amide bonds.